The van der Waals surface area contributed by atoms with E-state index in [1.54, 1.807) is 22.0 Å². The maximum absolute atomic E-state index is 11.6. The van der Waals surface area contributed by atoms with Crippen LogP contribution in [0.15, 0.2) is 30.9 Å². The zero-order valence-electron chi connectivity index (χ0n) is 14.4. The molecule has 3 aromatic rings. The summed E-state index contributed by atoms with van der Waals surface area (Å²) in [5.74, 6) is 1.89. The molecule has 1 aliphatic rings. The van der Waals surface area contributed by atoms with Crippen LogP contribution in [0.4, 0.5) is 0 Å². The van der Waals surface area contributed by atoms with Gasteiger partial charge in [-0.3, -0.25) is 13.9 Å². The van der Waals surface area contributed by atoms with Gasteiger partial charge in [-0.1, -0.05) is 0 Å². The van der Waals surface area contributed by atoms with Gasteiger partial charge in [0.15, 0.2) is 0 Å². The third-order valence-electron chi connectivity index (χ3n) is 4.48. The molecule has 4 heterocycles. The first kappa shape index (κ1) is 16.1. The third kappa shape index (κ3) is 2.99. The van der Waals surface area contributed by atoms with E-state index in [0.717, 1.165) is 16.9 Å². The number of likely N-dealkylation sites (tertiary alicyclic amines) is 1. The summed E-state index contributed by atoms with van der Waals surface area (Å²) in [4.78, 5) is 22.3. The van der Waals surface area contributed by atoms with Crippen molar-refractivity contribution in [2.45, 2.75) is 18.9 Å². The number of carbonyl (C=O) groups excluding carboxylic acids is 1. The van der Waals surface area contributed by atoms with Crippen LogP contribution in [0.25, 0.3) is 16.9 Å². The molecule has 1 fully saturated rings. The van der Waals surface area contributed by atoms with Crippen LogP contribution in [0.1, 0.15) is 12.8 Å². The Morgan fingerprint density at radius 1 is 1.38 bits per heavy atom. The van der Waals surface area contributed by atoms with Crippen LogP contribution >= 0.6 is 0 Å². The van der Waals surface area contributed by atoms with Crippen LogP contribution in [0.5, 0.6) is 6.01 Å². The molecule has 4 rings (SSSR count). The predicted molar refractivity (Wildman–Crippen MR) is 94.3 cm³/mol. The fraction of sp³-hybridized carbons (Fsp3) is 0.333. The van der Waals surface area contributed by atoms with Crippen molar-refractivity contribution in [3.63, 3.8) is 0 Å². The lowest BCUT2D eigenvalue weighted by Gasteiger charge is -2.30. The van der Waals surface area contributed by atoms with Gasteiger partial charge in [0.25, 0.3) is 5.91 Å². The van der Waals surface area contributed by atoms with Gasteiger partial charge in [-0.15, -0.1) is 6.42 Å². The minimum Gasteiger partial charge on any atom is -0.461 e. The number of aryl methyl sites for hydroxylation is 1. The van der Waals surface area contributed by atoms with Gasteiger partial charge in [-0.05, 0) is 5.92 Å². The number of piperidine rings is 1. The molecule has 0 atom stereocenters. The molecule has 3 aromatic heterocycles. The monoisotopic (exact) mass is 350 g/mol. The summed E-state index contributed by atoms with van der Waals surface area (Å²) >= 11 is 0. The van der Waals surface area contributed by atoms with Gasteiger partial charge >= 0.3 is 6.01 Å². The molecule has 8 heteroatoms. The van der Waals surface area contributed by atoms with Gasteiger partial charge in [0.2, 0.25) is 0 Å². The van der Waals surface area contributed by atoms with Crippen LogP contribution in [0.3, 0.4) is 0 Å². The smallest absolute Gasteiger partial charge is 0.303 e. The van der Waals surface area contributed by atoms with E-state index < -0.39 is 0 Å². The number of hydrogen-bond donors (Lipinski definition) is 0. The average Bonchev–Trinajstić information content (AvgIpc) is 3.30. The summed E-state index contributed by atoms with van der Waals surface area (Å²) in [5.41, 5.74) is 2.41. The Hall–Kier alpha value is -3.34. The molecule has 0 aliphatic carbocycles. The normalized spacial score (nSPS) is 15.2. The van der Waals surface area contributed by atoms with E-state index in [9.17, 15) is 4.79 Å². The van der Waals surface area contributed by atoms with Crippen LogP contribution in [0.2, 0.25) is 0 Å². The zero-order chi connectivity index (χ0) is 18.1. The number of amides is 1. The van der Waals surface area contributed by atoms with Crippen LogP contribution in [0, 0.1) is 12.3 Å². The van der Waals surface area contributed by atoms with E-state index in [-0.39, 0.29) is 12.0 Å². The highest BCUT2D eigenvalue weighted by atomic mass is 16.5. The van der Waals surface area contributed by atoms with Crippen molar-refractivity contribution in [2.24, 2.45) is 7.05 Å². The molecule has 1 amide bonds. The highest BCUT2D eigenvalue weighted by Crippen LogP contribution is 2.24. The summed E-state index contributed by atoms with van der Waals surface area (Å²) in [5, 5.41) is 4.19. The number of nitrogens with zero attached hydrogens (tertiary/aromatic N) is 6. The van der Waals surface area contributed by atoms with Crippen molar-refractivity contribution in [2.75, 3.05) is 13.1 Å². The van der Waals surface area contributed by atoms with E-state index in [1.807, 2.05) is 29.9 Å². The first-order valence-corrected chi connectivity index (χ1v) is 8.39. The number of hydrogen-bond acceptors (Lipinski definition) is 5. The van der Waals surface area contributed by atoms with E-state index in [2.05, 4.69) is 21.0 Å². The maximum atomic E-state index is 11.6. The largest absolute Gasteiger partial charge is 0.461 e. The van der Waals surface area contributed by atoms with Crippen LogP contribution < -0.4 is 4.74 Å². The number of rotatable bonds is 3. The van der Waals surface area contributed by atoms with Crippen molar-refractivity contribution in [3.8, 4) is 29.6 Å². The molecule has 0 bridgehead atoms. The molecule has 8 nitrogen and oxygen atoms in total. The predicted octanol–water partition coefficient (Wildman–Crippen LogP) is 1.13. The van der Waals surface area contributed by atoms with Gasteiger partial charge in [-0.25, -0.2) is 4.98 Å². The lowest BCUT2D eigenvalue weighted by molar-refractivity contribution is -0.126. The summed E-state index contributed by atoms with van der Waals surface area (Å²) < 4.78 is 9.70. The summed E-state index contributed by atoms with van der Waals surface area (Å²) in [7, 11) is 1.86. The lowest BCUT2D eigenvalue weighted by atomic mass is 10.1. The molecule has 0 radical (unpaired) electrons. The standard InChI is InChI=1S/C18H18N6O2/c1-3-17(25)23-7-4-14(5-8-23)26-18-21-15(13-11-20-22(2)12-13)10-16-19-6-9-24(16)18/h1,6,9-12,14H,4-5,7-8H2,2H3. The maximum Gasteiger partial charge on any atom is 0.303 e. The van der Waals surface area contributed by atoms with Crippen molar-refractivity contribution in [3.05, 3.63) is 30.9 Å². The quantitative estimate of drug-likeness (QED) is 0.662. The minimum absolute atomic E-state index is 0.0286. The van der Waals surface area contributed by atoms with Gasteiger partial charge in [0.1, 0.15) is 11.8 Å². The minimum atomic E-state index is -0.267. The topological polar surface area (TPSA) is 77.6 Å². The Morgan fingerprint density at radius 2 is 2.19 bits per heavy atom. The fourth-order valence-corrected chi connectivity index (χ4v) is 3.10. The Kier molecular flexibility index (Phi) is 4.05. The second kappa shape index (κ2) is 6.52. The summed E-state index contributed by atoms with van der Waals surface area (Å²) in [6.45, 7) is 1.17. The summed E-state index contributed by atoms with van der Waals surface area (Å²) in [6.07, 6.45) is 13.8. The number of aromatic nitrogens is 5. The van der Waals surface area contributed by atoms with E-state index >= 15 is 0 Å². The molecule has 1 saturated heterocycles. The highest BCUT2D eigenvalue weighted by molar-refractivity contribution is 5.92. The Bertz CT molecular complexity index is 991. The van der Waals surface area contributed by atoms with Gasteiger partial charge in [0.05, 0.1) is 11.9 Å². The second-order valence-electron chi connectivity index (χ2n) is 6.24. The molecule has 26 heavy (non-hydrogen) atoms. The lowest BCUT2D eigenvalue weighted by Crippen LogP contribution is -2.41. The highest BCUT2D eigenvalue weighted by Gasteiger charge is 2.24. The number of terminal acetylenes is 1. The van der Waals surface area contributed by atoms with Crippen molar-refractivity contribution in [1.82, 2.24) is 29.0 Å². The van der Waals surface area contributed by atoms with Crippen molar-refractivity contribution >= 4 is 11.6 Å². The van der Waals surface area contributed by atoms with Gasteiger partial charge in [-0.2, -0.15) is 10.1 Å². The van der Waals surface area contributed by atoms with E-state index in [0.29, 0.717) is 31.9 Å². The number of carbonyl (C=O) groups is 1. The van der Waals surface area contributed by atoms with Crippen LogP contribution in [-0.4, -0.2) is 54.1 Å². The Labute approximate surface area is 150 Å². The molecule has 0 N–H and O–H groups in total. The molecule has 1 aliphatic heterocycles. The van der Waals surface area contributed by atoms with Gasteiger partial charge in [0, 0.05) is 63.2 Å². The summed E-state index contributed by atoms with van der Waals surface area (Å²) in [6, 6.07) is 2.39. The number of imidazole rings is 1. The molecule has 0 spiro atoms. The fourth-order valence-electron chi connectivity index (χ4n) is 3.10. The first-order chi connectivity index (χ1) is 12.6. The van der Waals surface area contributed by atoms with Crippen molar-refractivity contribution < 1.29 is 9.53 Å². The molecular weight excluding hydrogens is 332 g/mol. The Morgan fingerprint density at radius 3 is 2.88 bits per heavy atom. The van der Waals surface area contributed by atoms with E-state index in [1.165, 1.54) is 0 Å². The van der Waals surface area contributed by atoms with Crippen molar-refractivity contribution in [1.29, 1.82) is 0 Å². The Balaban J connectivity index is 1.58. The van der Waals surface area contributed by atoms with Gasteiger partial charge < -0.3 is 9.64 Å². The SMILES string of the molecule is C#CC(=O)N1CCC(Oc2nc(-c3cnn(C)c3)cc3nccn23)CC1. The average molecular weight is 350 g/mol. The van der Waals surface area contributed by atoms with Crippen LogP contribution in [-0.2, 0) is 11.8 Å². The molecule has 132 valence electrons. The number of fused-ring (bicyclic) bond motifs is 1. The molecule has 0 unspecified atom stereocenters. The number of ether oxygens (including phenoxy) is 1. The zero-order valence-corrected chi connectivity index (χ0v) is 14.4. The molecule has 0 saturated carbocycles. The second-order valence-corrected chi connectivity index (χ2v) is 6.24. The third-order valence-corrected chi connectivity index (χ3v) is 4.48. The molecular formula is C18H18N6O2. The van der Waals surface area contributed by atoms with E-state index in [4.69, 9.17) is 11.2 Å². The molecule has 0 aromatic carbocycles. The first-order valence-electron chi connectivity index (χ1n) is 8.39.